The first-order valence-corrected chi connectivity index (χ1v) is 7.13. The van der Waals surface area contributed by atoms with Crippen LogP contribution in [0.25, 0.3) is 0 Å². The van der Waals surface area contributed by atoms with Crippen LogP contribution in [0.2, 0.25) is 0 Å². The van der Waals surface area contributed by atoms with Crippen LogP contribution in [-0.4, -0.2) is 24.5 Å². The lowest BCUT2D eigenvalue weighted by Crippen LogP contribution is -2.24. The van der Waals surface area contributed by atoms with E-state index in [1.165, 1.54) is 7.11 Å². The van der Waals surface area contributed by atoms with Crippen molar-refractivity contribution >= 4 is 21.9 Å². The Labute approximate surface area is 123 Å². The molecule has 0 spiro atoms. The van der Waals surface area contributed by atoms with Gasteiger partial charge in [0.1, 0.15) is 17.2 Å². The van der Waals surface area contributed by atoms with E-state index < -0.39 is 4.83 Å². The van der Waals surface area contributed by atoms with Crippen LogP contribution in [0.1, 0.15) is 31.9 Å². The zero-order chi connectivity index (χ0) is 14.6. The van der Waals surface area contributed by atoms with Gasteiger partial charge in [-0.25, -0.2) is 0 Å². The van der Waals surface area contributed by atoms with E-state index in [4.69, 9.17) is 4.74 Å². The first-order valence-electron chi connectivity index (χ1n) is 6.21. The van der Waals surface area contributed by atoms with Gasteiger partial charge in [-0.05, 0) is 29.5 Å². The summed E-state index contributed by atoms with van der Waals surface area (Å²) in [5, 5.41) is 0. The van der Waals surface area contributed by atoms with Crippen molar-refractivity contribution in [3.63, 3.8) is 0 Å². The molecule has 0 aliphatic heterocycles. The van der Waals surface area contributed by atoms with Crippen molar-refractivity contribution in [1.82, 2.24) is 0 Å². The SMILES string of the molecule is COC(=O)C(Br)COc1cc(C)ccc1C(C)(C)C. The van der Waals surface area contributed by atoms with E-state index >= 15 is 0 Å². The predicted octanol–water partition coefficient (Wildman–Crippen LogP) is 3.61. The zero-order valence-corrected chi connectivity index (χ0v) is 13.7. The summed E-state index contributed by atoms with van der Waals surface area (Å²) in [5.74, 6) is 0.491. The summed E-state index contributed by atoms with van der Waals surface area (Å²) in [6.07, 6.45) is 0. The molecule has 1 aromatic carbocycles. The number of hydrogen-bond acceptors (Lipinski definition) is 3. The fourth-order valence-corrected chi connectivity index (χ4v) is 2.05. The lowest BCUT2D eigenvalue weighted by atomic mass is 9.86. The summed E-state index contributed by atoms with van der Waals surface area (Å²) in [4.78, 5) is 10.9. The number of carbonyl (C=O) groups excluding carboxylic acids is 1. The topological polar surface area (TPSA) is 35.5 Å². The Bertz CT molecular complexity index is 449. The molecule has 3 nitrogen and oxygen atoms in total. The molecule has 1 atom stereocenters. The molecule has 0 saturated heterocycles. The maximum absolute atomic E-state index is 11.3. The first-order chi connectivity index (χ1) is 8.75. The minimum absolute atomic E-state index is 0.00386. The van der Waals surface area contributed by atoms with E-state index in [-0.39, 0.29) is 18.0 Å². The molecule has 0 fully saturated rings. The number of methoxy groups -OCH3 is 1. The number of ether oxygens (including phenoxy) is 2. The van der Waals surface area contributed by atoms with Crippen LogP contribution in [-0.2, 0) is 14.9 Å². The van der Waals surface area contributed by atoms with Gasteiger partial charge in [-0.2, -0.15) is 0 Å². The van der Waals surface area contributed by atoms with Crippen molar-refractivity contribution in [3.05, 3.63) is 29.3 Å². The van der Waals surface area contributed by atoms with Gasteiger partial charge in [0.15, 0.2) is 0 Å². The van der Waals surface area contributed by atoms with Crippen LogP contribution in [0, 0.1) is 6.92 Å². The monoisotopic (exact) mass is 328 g/mol. The summed E-state index contributed by atoms with van der Waals surface area (Å²) in [5.41, 5.74) is 2.26. The zero-order valence-electron chi connectivity index (χ0n) is 12.1. The average molecular weight is 329 g/mol. The molecule has 0 aliphatic rings. The number of aryl methyl sites for hydroxylation is 1. The summed E-state index contributed by atoms with van der Waals surface area (Å²) in [7, 11) is 1.36. The van der Waals surface area contributed by atoms with Gasteiger partial charge in [0.25, 0.3) is 0 Å². The molecule has 0 saturated carbocycles. The third kappa shape index (κ3) is 4.53. The van der Waals surface area contributed by atoms with Crippen molar-refractivity contribution in [3.8, 4) is 5.75 Å². The van der Waals surface area contributed by atoms with Gasteiger partial charge in [0, 0.05) is 0 Å². The second kappa shape index (κ2) is 6.42. The summed E-state index contributed by atoms with van der Waals surface area (Å²) in [6.45, 7) is 8.67. The maximum Gasteiger partial charge on any atom is 0.322 e. The molecule has 1 unspecified atom stereocenters. The predicted molar refractivity (Wildman–Crippen MR) is 80.1 cm³/mol. The number of hydrogen-bond donors (Lipinski definition) is 0. The Morgan fingerprint density at radius 3 is 2.53 bits per heavy atom. The molecule has 0 aliphatic carbocycles. The Morgan fingerprint density at radius 1 is 1.37 bits per heavy atom. The summed E-state index contributed by atoms with van der Waals surface area (Å²) >= 11 is 3.25. The highest BCUT2D eigenvalue weighted by atomic mass is 79.9. The van der Waals surface area contributed by atoms with E-state index in [2.05, 4.69) is 53.6 Å². The first kappa shape index (κ1) is 16.0. The molecule has 106 valence electrons. The number of halogens is 1. The molecular formula is C15H21BrO3. The highest BCUT2D eigenvalue weighted by Gasteiger charge is 2.21. The van der Waals surface area contributed by atoms with Gasteiger partial charge in [-0.15, -0.1) is 0 Å². The van der Waals surface area contributed by atoms with E-state index in [1.807, 2.05) is 13.0 Å². The third-order valence-electron chi connectivity index (χ3n) is 2.79. The summed E-state index contributed by atoms with van der Waals surface area (Å²) < 4.78 is 10.4. The second-order valence-corrected chi connectivity index (χ2v) is 6.66. The van der Waals surface area contributed by atoms with Crippen molar-refractivity contribution in [2.75, 3.05) is 13.7 Å². The van der Waals surface area contributed by atoms with Crippen LogP contribution < -0.4 is 4.74 Å². The minimum Gasteiger partial charge on any atom is -0.491 e. The quantitative estimate of drug-likeness (QED) is 0.625. The second-order valence-electron chi connectivity index (χ2n) is 5.55. The molecular weight excluding hydrogens is 308 g/mol. The van der Waals surface area contributed by atoms with Crippen LogP contribution in [0.4, 0.5) is 0 Å². The van der Waals surface area contributed by atoms with Gasteiger partial charge in [0.2, 0.25) is 0 Å². The van der Waals surface area contributed by atoms with Crippen molar-refractivity contribution < 1.29 is 14.3 Å². The molecule has 0 radical (unpaired) electrons. The van der Waals surface area contributed by atoms with Crippen molar-refractivity contribution in [2.24, 2.45) is 0 Å². The van der Waals surface area contributed by atoms with Gasteiger partial charge in [0.05, 0.1) is 7.11 Å². The molecule has 0 amide bonds. The third-order valence-corrected chi connectivity index (χ3v) is 3.43. The van der Waals surface area contributed by atoms with Crippen LogP contribution in [0.15, 0.2) is 18.2 Å². The van der Waals surface area contributed by atoms with E-state index in [0.29, 0.717) is 0 Å². The molecule has 0 N–H and O–H groups in total. The van der Waals surface area contributed by atoms with E-state index in [9.17, 15) is 4.79 Å². The normalized spacial score (nSPS) is 12.9. The lowest BCUT2D eigenvalue weighted by molar-refractivity contribution is -0.140. The Morgan fingerprint density at radius 2 is 2.00 bits per heavy atom. The Balaban J connectivity index is 2.88. The average Bonchev–Trinajstić information content (AvgIpc) is 2.33. The number of alkyl halides is 1. The van der Waals surface area contributed by atoms with Crippen LogP contribution >= 0.6 is 15.9 Å². The van der Waals surface area contributed by atoms with Gasteiger partial charge < -0.3 is 9.47 Å². The van der Waals surface area contributed by atoms with E-state index in [0.717, 1.165) is 16.9 Å². The number of benzene rings is 1. The number of esters is 1. The maximum atomic E-state index is 11.3. The van der Waals surface area contributed by atoms with Crippen molar-refractivity contribution in [2.45, 2.75) is 37.9 Å². The van der Waals surface area contributed by atoms with Gasteiger partial charge in [-0.3, -0.25) is 4.79 Å². The fourth-order valence-electron chi connectivity index (χ4n) is 1.73. The largest absolute Gasteiger partial charge is 0.491 e. The molecule has 4 heteroatoms. The molecule has 19 heavy (non-hydrogen) atoms. The summed E-state index contributed by atoms with van der Waals surface area (Å²) in [6, 6.07) is 6.14. The molecule has 1 rings (SSSR count). The molecule has 0 bridgehead atoms. The minimum atomic E-state index is -0.453. The smallest absolute Gasteiger partial charge is 0.322 e. The lowest BCUT2D eigenvalue weighted by Gasteiger charge is -2.23. The van der Waals surface area contributed by atoms with Crippen LogP contribution in [0.3, 0.4) is 0 Å². The number of carbonyl (C=O) groups is 1. The molecule has 1 aromatic rings. The molecule has 0 aromatic heterocycles. The Kier molecular flexibility index (Phi) is 5.41. The molecule has 0 heterocycles. The van der Waals surface area contributed by atoms with Crippen molar-refractivity contribution in [1.29, 1.82) is 0 Å². The van der Waals surface area contributed by atoms with Gasteiger partial charge >= 0.3 is 5.97 Å². The van der Waals surface area contributed by atoms with Crippen LogP contribution in [0.5, 0.6) is 5.75 Å². The highest BCUT2D eigenvalue weighted by Crippen LogP contribution is 2.32. The van der Waals surface area contributed by atoms with E-state index in [1.54, 1.807) is 0 Å². The standard InChI is InChI=1S/C15H21BrO3/c1-10-6-7-11(15(2,3)4)13(8-10)19-9-12(16)14(17)18-5/h6-8,12H,9H2,1-5H3. The fraction of sp³-hybridized carbons (Fsp3) is 0.533. The highest BCUT2D eigenvalue weighted by molar-refractivity contribution is 9.10. The number of rotatable bonds is 4. The Hall–Kier alpha value is -1.03. The van der Waals surface area contributed by atoms with Gasteiger partial charge in [-0.1, -0.05) is 48.8 Å².